The maximum atomic E-state index is 5.60. The molecular formula is C19H24Cl2PPd. The van der Waals surface area contributed by atoms with Crippen molar-refractivity contribution in [2.45, 2.75) is 35.4 Å². The molecule has 0 saturated carbocycles. The first-order valence-electron chi connectivity index (χ1n) is 7.81. The summed E-state index contributed by atoms with van der Waals surface area (Å²) in [5.74, 6) is 0.751. The molecule has 0 nitrogen and oxygen atoms in total. The molecule has 2 aromatic rings. The molecule has 0 aromatic heterocycles. The van der Waals surface area contributed by atoms with Gasteiger partial charge in [-0.15, -0.1) is 8.58 Å². The standard InChI is InChI=1S/C14H15P.C5H9Cl2.Pd/c1-3-7-13(8-4-1)11-15-12-14-9-5-2-6-10-14;6-4-2-1-3-5-7;/h1-10,15H,11-12H2;4H,1-3,5H2;. The second-order valence-electron chi connectivity index (χ2n) is 5.11. The fourth-order valence-electron chi connectivity index (χ4n) is 1.92. The summed E-state index contributed by atoms with van der Waals surface area (Å²) in [6, 6.07) is 21.4. The number of rotatable bonds is 8. The van der Waals surface area contributed by atoms with E-state index in [1.165, 1.54) is 23.5 Å². The molecule has 1 unspecified atom stereocenters. The second kappa shape index (κ2) is 14.5. The maximum Gasteiger partial charge on any atom is -0.00976 e. The minimum absolute atomic E-state index is 0.168. The van der Waals surface area contributed by atoms with Gasteiger partial charge in [0.2, 0.25) is 0 Å². The van der Waals surface area contributed by atoms with Crippen LogP contribution in [-0.4, -0.2) is 9.73 Å². The van der Waals surface area contributed by atoms with Gasteiger partial charge < -0.3 is 0 Å². The van der Waals surface area contributed by atoms with Gasteiger partial charge in [0.1, 0.15) is 0 Å². The average Bonchev–Trinajstić information content (AvgIpc) is 2.57. The first-order valence-corrected chi connectivity index (χ1v) is 11.1. The molecule has 2 aromatic carbocycles. The van der Waals surface area contributed by atoms with Crippen molar-refractivity contribution in [1.29, 1.82) is 0 Å². The van der Waals surface area contributed by atoms with E-state index in [2.05, 4.69) is 79.9 Å². The van der Waals surface area contributed by atoms with E-state index in [4.69, 9.17) is 23.2 Å². The first kappa shape index (κ1) is 21.2. The van der Waals surface area contributed by atoms with E-state index in [9.17, 15) is 0 Å². The minimum Gasteiger partial charge on any atom is -0.113 e. The summed E-state index contributed by atoms with van der Waals surface area (Å²) in [5.41, 5.74) is 2.90. The van der Waals surface area contributed by atoms with Crippen molar-refractivity contribution in [3.05, 3.63) is 71.8 Å². The third-order valence-corrected chi connectivity index (χ3v) is 5.38. The number of alkyl halides is 2. The van der Waals surface area contributed by atoms with Crippen LogP contribution in [0.15, 0.2) is 60.7 Å². The van der Waals surface area contributed by atoms with Crippen LogP contribution < -0.4 is 0 Å². The fourth-order valence-corrected chi connectivity index (χ4v) is 3.76. The van der Waals surface area contributed by atoms with Crippen molar-refractivity contribution in [1.82, 2.24) is 0 Å². The van der Waals surface area contributed by atoms with Gasteiger partial charge >= 0.3 is 71.4 Å². The number of unbranched alkanes of at least 4 members (excludes halogenated alkanes) is 1. The molecule has 0 amide bonds. The van der Waals surface area contributed by atoms with Gasteiger partial charge in [-0.1, -0.05) is 60.7 Å². The van der Waals surface area contributed by atoms with Crippen LogP contribution in [0.25, 0.3) is 0 Å². The monoisotopic (exact) mass is 459 g/mol. The van der Waals surface area contributed by atoms with Gasteiger partial charge in [-0.3, -0.25) is 0 Å². The molecular weight excluding hydrogens is 437 g/mol. The molecule has 0 heterocycles. The largest absolute Gasteiger partial charge is 0.113 e. The molecule has 23 heavy (non-hydrogen) atoms. The van der Waals surface area contributed by atoms with Crippen LogP contribution >= 0.6 is 31.8 Å². The smallest absolute Gasteiger partial charge is 0.00976 e. The third kappa shape index (κ3) is 12.2. The molecule has 0 aliphatic heterocycles. The Kier molecular flexibility index (Phi) is 13.3. The molecule has 0 fully saturated rings. The fraction of sp³-hybridized carbons (Fsp3) is 0.368. The summed E-state index contributed by atoms with van der Waals surface area (Å²) in [6.45, 7) is 0. The number of hydrogen-bond acceptors (Lipinski definition) is 0. The maximum absolute atomic E-state index is 5.60. The Morgan fingerprint density at radius 1 is 0.826 bits per heavy atom. The van der Waals surface area contributed by atoms with Crippen molar-refractivity contribution >= 4 is 31.8 Å². The van der Waals surface area contributed by atoms with Gasteiger partial charge in [-0.05, 0) is 23.5 Å². The van der Waals surface area contributed by atoms with Crippen molar-refractivity contribution in [2.24, 2.45) is 0 Å². The topological polar surface area (TPSA) is 0 Å². The zero-order chi connectivity index (χ0) is 16.8. The summed E-state index contributed by atoms with van der Waals surface area (Å²) in [4.78, 5) is 0. The SMILES string of the molecule is ClCCCC[CH](Cl)[Pd].c1ccc(CPCc2ccccc2)cc1. The van der Waals surface area contributed by atoms with Crippen LogP contribution in [0.4, 0.5) is 0 Å². The van der Waals surface area contributed by atoms with Crippen LogP contribution in [0.2, 0.25) is 0 Å². The Balaban J connectivity index is 0.000000284. The van der Waals surface area contributed by atoms with E-state index in [-0.39, 0.29) is 3.85 Å². The zero-order valence-corrected chi connectivity index (χ0v) is 17.2. The van der Waals surface area contributed by atoms with Crippen molar-refractivity contribution in [3.8, 4) is 0 Å². The summed E-state index contributed by atoms with van der Waals surface area (Å²) < 4.78 is 0.168. The van der Waals surface area contributed by atoms with Gasteiger partial charge in [-0.2, -0.15) is 0 Å². The van der Waals surface area contributed by atoms with Crippen LogP contribution in [0, 0.1) is 0 Å². The van der Waals surface area contributed by atoms with Crippen molar-refractivity contribution in [2.75, 3.05) is 5.88 Å². The van der Waals surface area contributed by atoms with Gasteiger partial charge in [-0.25, -0.2) is 0 Å². The molecule has 4 heteroatoms. The molecule has 1 atom stereocenters. The Bertz CT molecular complexity index is 452. The van der Waals surface area contributed by atoms with E-state index in [0.29, 0.717) is 0 Å². The summed E-state index contributed by atoms with van der Waals surface area (Å²) in [5, 5.41) is 0. The van der Waals surface area contributed by atoms with Crippen molar-refractivity contribution < 1.29 is 19.2 Å². The Morgan fingerprint density at radius 2 is 1.30 bits per heavy atom. The average molecular weight is 461 g/mol. The first-order chi connectivity index (χ1) is 11.2. The number of benzene rings is 2. The predicted octanol–water partition coefficient (Wildman–Crippen LogP) is 6.57. The van der Waals surface area contributed by atoms with Crippen LogP contribution in [0.5, 0.6) is 0 Å². The summed E-state index contributed by atoms with van der Waals surface area (Å²) in [7, 11) is 0.987. The molecule has 0 saturated heterocycles. The van der Waals surface area contributed by atoms with Gasteiger partial charge in [0.05, 0.1) is 0 Å². The van der Waals surface area contributed by atoms with Gasteiger partial charge in [0.25, 0.3) is 0 Å². The molecule has 0 spiro atoms. The normalized spacial score (nSPS) is 11.5. The molecule has 0 aliphatic carbocycles. The van der Waals surface area contributed by atoms with Crippen LogP contribution in [-0.2, 0) is 31.5 Å². The third-order valence-electron chi connectivity index (χ3n) is 3.13. The number of halogens is 2. The van der Waals surface area contributed by atoms with Crippen molar-refractivity contribution in [3.63, 3.8) is 0 Å². The summed E-state index contributed by atoms with van der Waals surface area (Å²) in [6.07, 6.45) is 5.63. The Hall–Kier alpha value is 0.112. The minimum atomic E-state index is 0.168. The van der Waals surface area contributed by atoms with Gasteiger partial charge in [0, 0.05) is 0 Å². The summed E-state index contributed by atoms with van der Waals surface area (Å²) >= 11 is 14.0. The molecule has 0 N–H and O–H groups in total. The number of hydrogen-bond donors (Lipinski definition) is 0. The Morgan fingerprint density at radius 3 is 1.70 bits per heavy atom. The molecule has 0 aliphatic rings. The predicted molar refractivity (Wildman–Crippen MR) is 103 cm³/mol. The quantitative estimate of drug-likeness (QED) is 0.181. The van der Waals surface area contributed by atoms with Crippen LogP contribution in [0.1, 0.15) is 30.4 Å². The van der Waals surface area contributed by atoms with E-state index in [1.54, 1.807) is 0 Å². The molecule has 2 rings (SSSR count). The van der Waals surface area contributed by atoms with E-state index in [0.717, 1.165) is 33.7 Å². The van der Waals surface area contributed by atoms with E-state index < -0.39 is 0 Å². The van der Waals surface area contributed by atoms with E-state index in [1.807, 2.05) is 0 Å². The van der Waals surface area contributed by atoms with Gasteiger partial charge in [0.15, 0.2) is 0 Å². The zero-order valence-electron chi connectivity index (χ0n) is 13.2. The van der Waals surface area contributed by atoms with Crippen LogP contribution in [0.3, 0.4) is 0 Å². The van der Waals surface area contributed by atoms with E-state index >= 15 is 0 Å². The molecule has 0 bridgehead atoms. The molecule has 129 valence electrons. The second-order valence-corrected chi connectivity index (χ2v) is 8.80. The Labute approximate surface area is 163 Å². The molecule has 0 radical (unpaired) electrons.